The molecule has 3 N–H and O–H groups in total. The van der Waals surface area contributed by atoms with E-state index in [1.165, 1.54) is 7.11 Å². The topological polar surface area (TPSA) is 114 Å². The zero-order chi connectivity index (χ0) is 19.1. The third-order valence-corrected chi connectivity index (χ3v) is 4.15. The Kier molecular flexibility index (Phi) is 6.71. The van der Waals surface area contributed by atoms with Crippen molar-refractivity contribution in [2.24, 2.45) is 11.8 Å². The largest absolute Gasteiger partial charge is 0.468 e. The zero-order valence-corrected chi connectivity index (χ0v) is 14.8. The predicted octanol–water partition coefficient (Wildman–Crippen LogP) is 0.690. The number of hydrogen-bond donors (Lipinski definition) is 3. The van der Waals surface area contributed by atoms with Crippen molar-refractivity contribution in [3.63, 3.8) is 0 Å². The molecule has 0 saturated heterocycles. The van der Waals surface area contributed by atoms with Crippen molar-refractivity contribution < 1.29 is 23.9 Å². The molecule has 8 nitrogen and oxygen atoms in total. The molecule has 1 fully saturated rings. The summed E-state index contributed by atoms with van der Waals surface area (Å²) in [5.41, 5.74) is 0.902. The Hall–Kier alpha value is -2.90. The van der Waals surface area contributed by atoms with E-state index in [1.807, 2.05) is 6.92 Å². The normalized spacial score (nSPS) is 17.8. The van der Waals surface area contributed by atoms with Gasteiger partial charge in [0.05, 0.1) is 7.11 Å². The van der Waals surface area contributed by atoms with Crippen LogP contribution in [0.1, 0.15) is 30.1 Å². The molecule has 2 unspecified atom stereocenters. The van der Waals surface area contributed by atoms with E-state index < -0.39 is 11.9 Å². The fraction of sp³-hybridized carbons (Fsp3) is 0.444. The summed E-state index contributed by atoms with van der Waals surface area (Å²) in [6, 6.07) is 6.27. The Morgan fingerprint density at radius 2 is 1.77 bits per heavy atom. The first-order valence-electron chi connectivity index (χ1n) is 8.43. The molecule has 0 heterocycles. The van der Waals surface area contributed by atoms with Crippen LogP contribution in [0.15, 0.2) is 24.3 Å². The van der Waals surface area contributed by atoms with Crippen molar-refractivity contribution in [2.75, 3.05) is 25.5 Å². The van der Waals surface area contributed by atoms with Crippen LogP contribution in [0.4, 0.5) is 5.69 Å². The first kappa shape index (κ1) is 19.4. The first-order valence-corrected chi connectivity index (χ1v) is 8.43. The number of esters is 1. The number of carbonyl (C=O) groups excluding carboxylic acids is 4. The molecule has 140 valence electrons. The van der Waals surface area contributed by atoms with E-state index in [0.29, 0.717) is 23.7 Å². The molecular weight excluding hydrogens is 338 g/mol. The van der Waals surface area contributed by atoms with Gasteiger partial charge in [0.1, 0.15) is 6.54 Å². The van der Waals surface area contributed by atoms with E-state index in [9.17, 15) is 19.2 Å². The molecule has 8 heteroatoms. The van der Waals surface area contributed by atoms with Crippen LogP contribution in [-0.2, 0) is 19.1 Å². The minimum Gasteiger partial charge on any atom is -0.468 e. The van der Waals surface area contributed by atoms with E-state index in [-0.39, 0.29) is 30.7 Å². The van der Waals surface area contributed by atoms with E-state index in [2.05, 4.69) is 20.7 Å². The Balaban J connectivity index is 1.72. The van der Waals surface area contributed by atoms with Gasteiger partial charge in [0, 0.05) is 30.1 Å². The summed E-state index contributed by atoms with van der Waals surface area (Å²) in [6.07, 6.45) is 1.09. The van der Waals surface area contributed by atoms with Crippen LogP contribution in [-0.4, -0.2) is 43.9 Å². The zero-order valence-electron chi connectivity index (χ0n) is 14.8. The number of amides is 3. The Morgan fingerprint density at radius 3 is 2.35 bits per heavy atom. The molecule has 0 radical (unpaired) electrons. The van der Waals surface area contributed by atoms with Crippen LogP contribution in [0.5, 0.6) is 0 Å². The van der Waals surface area contributed by atoms with Gasteiger partial charge >= 0.3 is 5.97 Å². The number of ether oxygens (including phenoxy) is 1. The van der Waals surface area contributed by atoms with Crippen LogP contribution in [0, 0.1) is 11.8 Å². The molecule has 1 aliphatic carbocycles. The van der Waals surface area contributed by atoms with Crippen LogP contribution >= 0.6 is 0 Å². The lowest BCUT2D eigenvalue weighted by Crippen LogP contribution is -2.30. The standard InChI is InChI=1S/C18H23N3O5/c1-11-9-14(11)18(25)19-8-7-15(22)21-13-5-3-12(4-6-13)17(24)20-10-16(23)26-2/h3-6,11,14H,7-10H2,1-2H3,(H,19,25)(H,20,24)(H,21,22). The molecular formula is C18H23N3O5. The quantitative estimate of drug-likeness (QED) is 0.590. The summed E-state index contributed by atoms with van der Waals surface area (Å²) in [5.74, 6) is -0.636. The van der Waals surface area contributed by atoms with Crippen molar-refractivity contribution >= 4 is 29.4 Å². The lowest BCUT2D eigenvalue weighted by Gasteiger charge is -2.08. The second-order valence-corrected chi connectivity index (χ2v) is 6.24. The second-order valence-electron chi connectivity index (χ2n) is 6.24. The van der Waals surface area contributed by atoms with Crippen molar-refractivity contribution in [3.8, 4) is 0 Å². The molecule has 2 atom stereocenters. The van der Waals surface area contributed by atoms with Crippen LogP contribution in [0.2, 0.25) is 0 Å². The second kappa shape index (κ2) is 8.98. The average molecular weight is 361 g/mol. The molecule has 2 rings (SSSR count). The number of nitrogens with one attached hydrogen (secondary N) is 3. The van der Waals surface area contributed by atoms with Gasteiger partial charge < -0.3 is 20.7 Å². The van der Waals surface area contributed by atoms with Gasteiger partial charge in [-0.25, -0.2) is 0 Å². The highest BCUT2D eigenvalue weighted by Crippen LogP contribution is 2.37. The Bertz CT molecular complexity index is 687. The SMILES string of the molecule is COC(=O)CNC(=O)c1ccc(NC(=O)CCNC(=O)C2CC2C)cc1. The number of benzene rings is 1. The fourth-order valence-electron chi connectivity index (χ4n) is 2.37. The summed E-state index contributed by atoms with van der Waals surface area (Å²) in [5, 5.41) is 7.88. The summed E-state index contributed by atoms with van der Waals surface area (Å²) >= 11 is 0. The summed E-state index contributed by atoms with van der Waals surface area (Å²) in [4.78, 5) is 46.4. The first-order chi connectivity index (χ1) is 12.4. The summed E-state index contributed by atoms with van der Waals surface area (Å²) in [6.45, 7) is 2.11. The Labute approximate surface area is 151 Å². The fourth-order valence-corrected chi connectivity index (χ4v) is 2.37. The van der Waals surface area contributed by atoms with Crippen molar-refractivity contribution in [2.45, 2.75) is 19.8 Å². The van der Waals surface area contributed by atoms with Crippen molar-refractivity contribution in [3.05, 3.63) is 29.8 Å². The highest BCUT2D eigenvalue weighted by Gasteiger charge is 2.38. The number of anilines is 1. The van der Waals surface area contributed by atoms with Crippen LogP contribution in [0.25, 0.3) is 0 Å². The van der Waals surface area contributed by atoms with E-state index in [0.717, 1.165) is 6.42 Å². The molecule has 1 saturated carbocycles. The minimum absolute atomic E-state index is 0.00706. The molecule has 0 aromatic heterocycles. The molecule has 3 amide bonds. The maximum Gasteiger partial charge on any atom is 0.325 e. The van der Waals surface area contributed by atoms with E-state index in [4.69, 9.17) is 0 Å². The molecule has 1 aromatic carbocycles. The van der Waals surface area contributed by atoms with Gasteiger partial charge in [-0.15, -0.1) is 0 Å². The smallest absolute Gasteiger partial charge is 0.325 e. The molecule has 1 aliphatic rings. The molecule has 0 spiro atoms. The molecule has 0 aliphatic heterocycles. The van der Waals surface area contributed by atoms with E-state index >= 15 is 0 Å². The monoisotopic (exact) mass is 361 g/mol. The summed E-state index contributed by atoms with van der Waals surface area (Å²) in [7, 11) is 1.24. The lowest BCUT2D eigenvalue weighted by molar-refractivity contribution is -0.139. The van der Waals surface area contributed by atoms with Gasteiger partial charge in [-0.2, -0.15) is 0 Å². The van der Waals surface area contributed by atoms with Gasteiger partial charge in [-0.1, -0.05) is 6.92 Å². The van der Waals surface area contributed by atoms with Gasteiger partial charge in [0.15, 0.2) is 0 Å². The number of methoxy groups -OCH3 is 1. The highest BCUT2D eigenvalue weighted by atomic mass is 16.5. The Morgan fingerprint density at radius 1 is 1.12 bits per heavy atom. The van der Waals surface area contributed by atoms with Crippen LogP contribution in [0.3, 0.4) is 0 Å². The third kappa shape index (κ3) is 5.87. The van der Waals surface area contributed by atoms with Crippen LogP contribution < -0.4 is 16.0 Å². The lowest BCUT2D eigenvalue weighted by atomic mass is 10.2. The minimum atomic E-state index is -0.537. The number of rotatable bonds is 8. The molecule has 1 aromatic rings. The van der Waals surface area contributed by atoms with Gasteiger partial charge in [0.25, 0.3) is 5.91 Å². The summed E-state index contributed by atoms with van der Waals surface area (Å²) < 4.78 is 4.44. The van der Waals surface area contributed by atoms with Crippen molar-refractivity contribution in [1.82, 2.24) is 10.6 Å². The highest BCUT2D eigenvalue weighted by molar-refractivity contribution is 5.97. The van der Waals surface area contributed by atoms with Gasteiger partial charge in [-0.3, -0.25) is 19.2 Å². The molecule has 26 heavy (non-hydrogen) atoms. The predicted molar refractivity (Wildman–Crippen MR) is 94.3 cm³/mol. The number of hydrogen-bond acceptors (Lipinski definition) is 5. The molecule has 0 bridgehead atoms. The van der Waals surface area contributed by atoms with Gasteiger partial charge in [-0.05, 0) is 36.6 Å². The maximum absolute atomic E-state index is 11.9. The van der Waals surface area contributed by atoms with Crippen molar-refractivity contribution in [1.29, 1.82) is 0 Å². The third-order valence-electron chi connectivity index (χ3n) is 4.15. The maximum atomic E-state index is 11.9. The average Bonchev–Trinajstić information content (AvgIpc) is 3.36. The number of carbonyl (C=O) groups is 4. The van der Waals surface area contributed by atoms with Gasteiger partial charge in [0.2, 0.25) is 11.8 Å². The van der Waals surface area contributed by atoms with E-state index in [1.54, 1.807) is 24.3 Å².